The molecule has 13 aromatic rings. The van der Waals surface area contributed by atoms with E-state index in [2.05, 4.69) is 252 Å². The second-order valence-corrected chi connectivity index (χ2v) is 17.3. The Morgan fingerprint density at radius 1 is 0.284 bits per heavy atom. The first kappa shape index (κ1) is 38.5. The van der Waals surface area contributed by atoms with Crippen LogP contribution in [-0.2, 0) is 0 Å². The number of aromatic nitrogens is 1. The normalized spacial score (nSPS) is 11.6. The zero-order valence-corrected chi connectivity index (χ0v) is 36.6. The van der Waals surface area contributed by atoms with Crippen LogP contribution in [0.1, 0.15) is 0 Å². The predicted octanol–water partition coefficient (Wildman–Crippen LogP) is 18.0. The molecule has 2 aromatic heterocycles. The van der Waals surface area contributed by atoms with Crippen molar-refractivity contribution in [1.82, 2.24) is 4.57 Å². The summed E-state index contributed by atoms with van der Waals surface area (Å²) in [5, 5.41) is 7.31. The van der Waals surface area contributed by atoms with E-state index in [1.54, 1.807) is 0 Å². The fourth-order valence-electron chi connectivity index (χ4n) is 10.1. The van der Waals surface area contributed by atoms with Crippen molar-refractivity contribution in [1.29, 1.82) is 0 Å². The highest BCUT2D eigenvalue weighted by Gasteiger charge is 2.16. The molecule has 0 aliphatic heterocycles. The van der Waals surface area contributed by atoms with Crippen LogP contribution in [0.5, 0.6) is 0 Å². The van der Waals surface area contributed by atoms with Crippen LogP contribution in [0, 0.1) is 0 Å². The van der Waals surface area contributed by atoms with Gasteiger partial charge in [-0.3, -0.25) is 0 Å². The smallest absolute Gasteiger partial charge is 0.135 e. The molecule has 0 N–H and O–H groups in total. The lowest BCUT2D eigenvalue weighted by Gasteiger charge is -2.26. The van der Waals surface area contributed by atoms with Crippen molar-refractivity contribution in [2.24, 2.45) is 0 Å². The molecule has 0 atom stereocenters. The minimum Gasteiger partial charge on any atom is -0.456 e. The maximum Gasteiger partial charge on any atom is 0.135 e. The zero-order valence-electron chi connectivity index (χ0n) is 36.6. The summed E-state index contributed by atoms with van der Waals surface area (Å²) in [5.74, 6) is 0. The van der Waals surface area contributed by atoms with E-state index in [9.17, 15) is 0 Å². The van der Waals surface area contributed by atoms with E-state index in [0.29, 0.717) is 0 Å². The second kappa shape index (κ2) is 16.0. The topological polar surface area (TPSA) is 21.3 Å². The Morgan fingerprint density at radius 2 is 0.701 bits per heavy atom. The minimum atomic E-state index is 0.902. The van der Waals surface area contributed by atoms with E-state index in [1.807, 2.05) is 12.1 Å². The molecule has 3 heteroatoms. The second-order valence-electron chi connectivity index (χ2n) is 17.3. The first-order chi connectivity index (χ1) is 33.2. The molecule has 13 rings (SSSR count). The van der Waals surface area contributed by atoms with E-state index < -0.39 is 0 Å². The maximum absolute atomic E-state index is 6.14. The summed E-state index contributed by atoms with van der Waals surface area (Å²) in [5.41, 5.74) is 18.1. The third kappa shape index (κ3) is 6.76. The largest absolute Gasteiger partial charge is 0.456 e. The number of benzene rings is 11. The standard InChI is InChI=1S/C64H42N2O/c1-2-12-55-48(10-1)11-9-16-56(55)49-22-20-43(21-23-49)44-24-33-51(34-25-44)65(53-37-30-47(31-38-53)50-32-41-64-60(42-50)59-15-5-8-19-63(59)67-64)52-35-26-45(27-36-52)46-28-39-54(40-29-46)66-61-17-6-3-13-57(61)58-14-4-7-18-62(58)66/h1-42H. The molecule has 0 bridgehead atoms. The van der Waals surface area contributed by atoms with Gasteiger partial charge in [0, 0.05) is 44.3 Å². The van der Waals surface area contributed by atoms with Crippen molar-refractivity contribution in [3.8, 4) is 50.2 Å². The van der Waals surface area contributed by atoms with Crippen molar-refractivity contribution in [2.45, 2.75) is 0 Å². The van der Waals surface area contributed by atoms with Crippen LogP contribution >= 0.6 is 0 Å². The number of anilines is 3. The van der Waals surface area contributed by atoms with E-state index in [4.69, 9.17) is 4.42 Å². The number of rotatable bonds is 8. The molecule has 0 unspecified atom stereocenters. The van der Waals surface area contributed by atoms with Gasteiger partial charge in [0.2, 0.25) is 0 Å². The quantitative estimate of drug-likeness (QED) is 0.152. The van der Waals surface area contributed by atoms with Gasteiger partial charge in [0.15, 0.2) is 0 Å². The predicted molar refractivity (Wildman–Crippen MR) is 282 cm³/mol. The van der Waals surface area contributed by atoms with Crippen LogP contribution in [0.15, 0.2) is 259 Å². The monoisotopic (exact) mass is 854 g/mol. The highest BCUT2D eigenvalue weighted by atomic mass is 16.3. The molecule has 0 amide bonds. The first-order valence-electron chi connectivity index (χ1n) is 22.9. The molecule has 0 saturated heterocycles. The van der Waals surface area contributed by atoms with Crippen molar-refractivity contribution >= 4 is 71.6 Å². The Kier molecular flexibility index (Phi) is 9.17. The molecule has 3 nitrogen and oxygen atoms in total. The molecular weight excluding hydrogens is 813 g/mol. The van der Waals surface area contributed by atoms with Gasteiger partial charge in [-0.05, 0) is 134 Å². The van der Waals surface area contributed by atoms with Crippen LogP contribution in [-0.4, -0.2) is 4.57 Å². The number of hydrogen-bond acceptors (Lipinski definition) is 2. The molecular formula is C64H42N2O. The van der Waals surface area contributed by atoms with Gasteiger partial charge in [0.1, 0.15) is 11.2 Å². The number of hydrogen-bond donors (Lipinski definition) is 0. The van der Waals surface area contributed by atoms with Gasteiger partial charge < -0.3 is 13.9 Å². The summed E-state index contributed by atoms with van der Waals surface area (Å²) < 4.78 is 8.51. The third-order valence-corrected chi connectivity index (χ3v) is 13.4. The van der Waals surface area contributed by atoms with E-state index in [0.717, 1.165) is 61.4 Å². The fourth-order valence-corrected chi connectivity index (χ4v) is 10.1. The molecule has 0 spiro atoms. The van der Waals surface area contributed by atoms with Gasteiger partial charge >= 0.3 is 0 Å². The summed E-state index contributed by atoms with van der Waals surface area (Å²) >= 11 is 0. The lowest BCUT2D eigenvalue weighted by atomic mass is 9.96. The van der Waals surface area contributed by atoms with Crippen LogP contribution in [0.3, 0.4) is 0 Å². The molecule has 67 heavy (non-hydrogen) atoms. The lowest BCUT2D eigenvalue weighted by molar-refractivity contribution is 0.669. The van der Waals surface area contributed by atoms with E-state index >= 15 is 0 Å². The van der Waals surface area contributed by atoms with Crippen molar-refractivity contribution in [3.05, 3.63) is 255 Å². The van der Waals surface area contributed by atoms with Crippen LogP contribution in [0.25, 0.3) is 105 Å². The lowest BCUT2D eigenvalue weighted by Crippen LogP contribution is -2.09. The van der Waals surface area contributed by atoms with Gasteiger partial charge in [-0.2, -0.15) is 0 Å². The molecule has 0 aliphatic rings. The Bertz CT molecular complexity index is 3880. The Labute approximate surface area is 388 Å². The summed E-state index contributed by atoms with van der Waals surface area (Å²) in [6.45, 7) is 0. The molecule has 11 aromatic carbocycles. The van der Waals surface area contributed by atoms with Crippen molar-refractivity contribution in [3.63, 3.8) is 0 Å². The minimum absolute atomic E-state index is 0.902. The average molecular weight is 855 g/mol. The summed E-state index contributed by atoms with van der Waals surface area (Å²) in [6.07, 6.45) is 0. The van der Waals surface area contributed by atoms with Crippen LogP contribution < -0.4 is 4.90 Å². The van der Waals surface area contributed by atoms with Gasteiger partial charge in [-0.1, -0.05) is 176 Å². The molecule has 314 valence electrons. The highest BCUT2D eigenvalue weighted by Crippen LogP contribution is 2.40. The molecule has 0 saturated carbocycles. The zero-order chi connectivity index (χ0) is 44.3. The van der Waals surface area contributed by atoms with Gasteiger partial charge in [-0.25, -0.2) is 0 Å². The van der Waals surface area contributed by atoms with Gasteiger partial charge in [0.25, 0.3) is 0 Å². The number of para-hydroxylation sites is 3. The van der Waals surface area contributed by atoms with Crippen LogP contribution in [0.4, 0.5) is 17.1 Å². The van der Waals surface area contributed by atoms with Crippen molar-refractivity contribution in [2.75, 3.05) is 4.90 Å². The maximum atomic E-state index is 6.14. The van der Waals surface area contributed by atoms with E-state index in [1.165, 1.54) is 60.4 Å². The summed E-state index contributed by atoms with van der Waals surface area (Å²) in [7, 11) is 0. The summed E-state index contributed by atoms with van der Waals surface area (Å²) in [4.78, 5) is 2.35. The van der Waals surface area contributed by atoms with Crippen molar-refractivity contribution < 1.29 is 4.42 Å². The molecule has 0 fully saturated rings. The highest BCUT2D eigenvalue weighted by molar-refractivity contribution is 6.09. The Balaban J connectivity index is 0.833. The molecule has 0 radical (unpaired) electrons. The van der Waals surface area contributed by atoms with Gasteiger partial charge in [-0.15, -0.1) is 0 Å². The fraction of sp³-hybridized carbons (Fsp3) is 0. The van der Waals surface area contributed by atoms with E-state index in [-0.39, 0.29) is 0 Å². The first-order valence-corrected chi connectivity index (χ1v) is 22.9. The molecule has 2 heterocycles. The number of nitrogens with zero attached hydrogens (tertiary/aromatic N) is 2. The Hall–Kier alpha value is -8.92. The summed E-state index contributed by atoms with van der Waals surface area (Å²) in [6, 6.07) is 91.9. The average Bonchev–Trinajstić information content (AvgIpc) is 3.95. The number of fused-ring (bicyclic) bond motifs is 7. The third-order valence-electron chi connectivity index (χ3n) is 13.4. The SMILES string of the molecule is c1ccc2c(-c3ccc(-c4ccc(N(c5ccc(-c6ccc(-n7c8ccccc8c8ccccc87)cc6)cc5)c5ccc(-c6ccc7oc8ccccc8c7c6)cc5)cc4)cc3)cccc2c1. The molecule has 0 aliphatic carbocycles. The van der Waals surface area contributed by atoms with Crippen LogP contribution in [0.2, 0.25) is 0 Å². The number of furan rings is 1. The Morgan fingerprint density at radius 3 is 1.30 bits per heavy atom. The van der Waals surface area contributed by atoms with Gasteiger partial charge in [0.05, 0.1) is 11.0 Å².